The molecule has 72 valence electrons. The van der Waals surface area contributed by atoms with E-state index in [4.69, 9.17) is 5.73 Å². The minimum atomic E-state index is 0.628. The second-order valence-electron chi connectivity index (χ2n) is 3.14. The first kappa shape index (κ1) is 8.68. The van der Waals surface area contributed by atoms with Gasteiger partial charge in [-0.3, -0.25) is 4.98 Å². The Hall–Kier alpha value is -1.91. The van der Waals surface area contributed by atoms with Crippen molar-refractivity contribution >= 4 is 5.69 Å². The molecule has 0 unspecified atom stereocenters. The van der Waals surface area contributed by atoms with Crippen LogP contribution in [0, 0.1) is 6.92 Å². The summed E-state index contributed by atoms with van der Waals surface area (Å²) in [5.41, 5.74) is 7.14. The van der Waals surface area contributed by atoms with Crippen molar-refractivity contribution in [3.63, 3.8) is 0 Å². The van der Waals surface area contributed by atoms with Crippen LogP contribution in [0.2, 0.25) is 0 Å². The molecule has 0 saturated heterocycles. The molecule has 0 amide bonds. The summed E-state index contributed by atoms with van der Waals surface area (Å²) in [7, 11) is 1.91. The topological polar surface area (TPSA) is 69.6 Å². The quantitative estimate of drug-likeness (QED) is 0.719. The fraction of sp³-hybridized carbons (Fsp3) is 0.222. The van der Waals surface area contributed by atoms with Gasteiger partial charge in [0.1, 0.15) is 5.82 Å². The molecular weight excluding hydrogens is 178 g/mol. The molecule has 0 aliphatic heterocycles. The summed E-state index contributed by atoms with van der Waals surface area (Å²) in [5, 5.41) is 8.01. The molecule has 2 aromatic rings. The number of pyridine rings is 1. The number of nitrogen functional groups attached to an aromatic ring is 1. The Kier molecular flexibility index (Phi) is 1.92. The highest BCUT2D eigenvalue weighted by Gasteiger charge is 2.07. The van der Waals surface area contributed by atoms with Gasteiger partial charge in [-0.25, -0.2) is 0 Å². The molecule has 0 aliphatic carbocycles. The minimum Gasteiger partial charge on any atom is -0.397 e. The molecule has 0 atom stereocenters. The first-order valence-electron chi connectivity index (χ1n) is 4.25. The van der Waals surface area contributed by atoms with Crippen LogP contribution in [-0.2, 0) is 7.05 Å². The monoisotopic (exact) mass is 189 g/mol. The standard InChI is InChI=1S/C9H11N5/c1-6-12-13-9(14(6)2)7-3-8(10)5-11-4-7/h3-5H,10H2,1-2H3. The maximum absolute atomic E-state index is 5.63. The normalized spacial score (nSPS) is 10.4. The average Bonchev–Trinajstić information content (AvgIpc) is 2.48. The Labute approximate surface area is 81.6 Å². The van der Waals surface area contributed by atoms with E-state index in [-0.39, 0.29) is 0 Å². The summed E-state index contributed by atoms with van der Waals surface area (Å²) in [6.45, 7) is 1.90. The smallest absolute Gasteiger partial charge is 0.165 e. The van der Waals surface area contributed by atoms with Crippen LogP contribution in [0.5, 0.6) is 0 Å². The summed E-state index contributed by atoms with van der Waals surface area (Å²) < 4.78 is 1.90. The van der Waals surface area contributed by atoms with Gasteiger partial charge in [0.2, 0.25) is 0 Å². The Balaban J connectivity index is 2.55. The molecule has 14 heavy (non-hydrogen) atoms. The van der Waals surface area contributed by atoms with Crippen LogP contribution in [0.1, 0.15) is 5.82 Å². The number of anilines is 1. The molecule has 5 nitrogen and oxygen atoms in total. The minimum absolute atomic E-state index is 0.628. The zero-order valence-corrected chi connectivity index (χ0v) is 8.10. The van der Waals surface area contributed by atoms with E-state index in [2.05, 4.69) is 15.2 Å². The van der Waals surface area contributed by atoms with Crippen molar-refractivity contribution in [1.29, 1.82) is 0 Å². The van der Waals surface area contributed by atoms with Crippen molar-refractivity contribution < 1.29 is 0 Å². The molecule has 0 fully saturated rings. The summed E-state index contributed by atoms with van der Waals surface area (Å²) in [5.74, 6) is 1.64. The molecule has 2 heterocycles. The van der Waals surface area contributed by atoms with Crippen LogP contribution < -0.4 is 5.73 Å². The lowest BCUT2D eigenvalue weighted by atomic mass is 10.2. The van der Waals surface area contributed by atoms with Crippen molar-refractivity contribution in [3.05, 3.63) is 24.3 Å². The van der Waals surface area contributed by atoms with Crippen LogP contribution in [0.3, 0.4) is 0 Å². The molecule has 2 rings (SSSR count). The van der Waals surface area contributed by atoms with E-state index in [0.29, 0.717) is 5.69 Å². The van der Waals surface area contributed by atoms with Crippen LogP contribution in [0.25, 0.3) is 11.4 Å². The summed E-state index contributed by atoms with van der Waals surface area (Å²) in [6.07, 6.45) is 3.33. The van der Waals surface area contributed by atoms with Gasteiger partial charge in [0, 0.05) is 25.0 Å². The van der Waals surface area contributed by atoms with E-state index >= 15 is 0 Å². The van der Waals surface area contributed by atoms with Crippen molar-refractivity contribution in [3.8, 4) is 11.4 Å². The van der Waals surface area contributed by atoms with E-state index in [9.17, 15) is 0 Å². The molecule has 0 aliphatic rings. The highest BCUT2D eigenvalue weighted by atomic mass is 15.3. The van der Waals surface area contributed by atoms with Gasteiger partial charge in [-0.1, -0.05) is 0 Å². The highest BCUT2D eigenvalue weighted by molar-refractivity contribution is 5.59. The number of hydrogen-bond acceptors (Lipinski definition) is 4. The SMILES string of the molecule is Cc1nnc(-c2cncc(N)c2)n1C. The van der Waals surface area contributed by atoms with Gasteiger partial charge in [0.05, 0.1) is 5.69 Å². The Morgan fingerprint density at radius 3 is 2.64 bits per heavy atom. The van der Waals surface area contributed by atoms with E-state index in [1.807, 2.05) is 24.6 Å². The average molecular weight is 189 g/mol. The van der Waals surface area contributed by atoms with Gasteiger partial charge in [0.25, 0.3) is 0 Å². The van der Waals surface area contributed by atoms with E-state index in [1.54, 1.807) is 12.4 Å². The number of nitrogens with zero attached hydrogens (tertiary/aromatic N) is 4. The summed E-state index contributed by atoms with van der Waals surface area (Å²) >= 11 is 0. The van der Waals surface area contributed by atoms with Crippen molar-refractivity contribution in [1.82, 2.24) is 19.7 Å². The van der Waals surface area contributed by atoms with Gasteiger partial charge in [-0.2, -0.15) is 0 Å². The maximum atomic E-state index is 5.63. The Morgan fingerprint density at radius 2 is 2.07 bits per heavy atom. The lowest BCUT2D eigenvalue weighted by Crippen LogP contribution is -1.96. The number of rotatable bonds is 1. The highest BCUT2D eigenvalue weighted by Crippen LogP contribution is 2.17. The lowest BCUT2D eigenvalue weighted by molar-refractivity contribution is 0.864. The molecule has 0 spiro atoms. The number of hydrogen-bond donors (Lipinski definition) is 1. The molecule has 0 radical (unpaired) electrons. The third-order valence-corrected chi connectivity index (χ3v) is 2.11. The second kappa shape index (κ2) is 3.10. The van der Waals surface area contributed by atoms with E-state index in [0.717, 1.165) is 17.2 Å². The summed E-state index contributed by atoms with van der Waals surface area (Å²) in [4.78, 5) is 4.00. The van der Waals surface area contributed by atoms with Crippen LogP contribution in [-0.4, -0.2) is 19.7 Å². The van der Waals surface area contributed by atoms with Crippen LogP contribution in [0.4, 0.5) is 5.69 Å². The maximum Gasteiger partial charge on any atom is 0.165 e. The molecule has 0 saturated carbocycles. The third kappa shape index (κ3) is 1.32. The second-order valence-corrected chi connectivity index (χ2v) is 3.14. The van der Waals surface area contributed by atoms with Gasteiger partial charge in [-0.05, 0) is 13.0 Å². The fourth-order valence-corrected chi connectivity index (χ4v) is 1.24. The van der Waals surface area contributed by atoms with Crippen LogP contribution in [0.15, 0.2) is 18.5 Å². The molecule has 0 bridgehead atoms. The van der Waals surface area contributed by atoms with E-state index < -0.39 is 0 Å². The zero-order valence-electron chi connectivity index (χ0n) is 8.10. The molecule has 2 N–H and O–H groups in total. The number of aromatic nitrogens is 4. The van der Waals surface area contributed by atoms with E-state index in [1.165, 1.54) is 0 Å². The van der Waals surface area contributed by atoms with Crippen molar-refractivity contribution in [2.75, 3.05) is 5.73 Å². The molecule has 0 aromatic carbocycles. The largest absolute Gasteiger partial charge is 0.397 e. The fourth-order valence-electron chi connectivity index (χ4n) is 1.24. The Bertz CT molecular complexity index is 460. The first-order chi connectivity index (χ1) is 6.68. The van der Waals surface area contributed by atoms with Crippen molar-refractivity contribution in [2.45, 2.75) is 6.92 Å². The molecular formula is C9H11N5. The predicted molar refractivity (Wildman–Crippen MR) is 53.4 cm³/mol. The summed E-state index contributed by atoms with van der Waals surface area (Å²) in [6, 6.07) is 1.83. The van der Waals surface area contributed by atoms with Gasteiger partial charge in [0.15, 0.2) is 5.82 Å². The van der Waals surface area contributed by atoms with Gasteiger partial charge >= 0.3 is 0 Å². The van der Waals surface area contributed by atoms with Crippen molar-refractivity contribution in [2.24, 2.45) is 7.05 Å². The number of nitrogens with two attached hydrogens (primary N) is 1. The Morgan fingerprint density at radius 1 is 1.29 bits per heavy atom. The van der Waals surface area contributed by atoms with Gasteiger partial charge in [-0.15, -0.1) is 10.2 Å². The zero-order chi connectivity index (χ0) is 10.1. The first-order valence-corrected chi connectivity index (χ1v) is 4.25. The number of aryl methyl sites for hydroxylation is 1. The molecule has 5 heteroatoms. The van der Waals surface area contributed by atoms with Gasteiger partial charge < -0.3 is 10.3 Å². The molecule has 2 aromatic heterocycles. The predicted octanol–water partition coefficient (Wildman–Crippen LogP) is 0.768. The third-order valence-electron chi connectivity index (χ3n) is 2.11. The lowest BCUT2D eigenvalue weighted by Gasteiger charge is -2.01. The van der Waals surface area contributed by atoms with Crippen LogP contribution >= 0.6 is 0 Å².